The molecule has 20 heavy (non-hydrogen) atoms. The second kappa shape index (κ2) is 5.38. The number of rotatable bonds is 3. The summed E-state index contributed by atoms with van der Waals surface area (Å²) in [6.07, 6.45) is 3.58. The van der Waals surface area contributed by atoms with Gasteiger partial charge in [0.2, 0.25) is 0 Å². The normalized spacial score (nSPS) is 13.4. The summed E-state index contributed by atoms with van der Waals surface area (Å²) in [5.74, 6) is 0.418. The molecule has 0 saturated carbocycles. The Morgan fingerprint density at radius 3 is 3.10 bits per heavy atom. The first-order valence-corrected chi connectivity index (χ1v) is 6.72. The number of fused-ring (bicyclic) bond motifs is 1. The van der Waals surface area contributed by atoms with Crippen molar-refractivity contribution >= 4 is 17.3 Å². The van der Waals surface area contributed by atoms with Gasteiger partial charge in [0.1, 0.15) is 12.0 Å². The van der Waals surface area contributed by atoms with E-state index in [1.807, 2.05) is 18.2 Å². The standard InChI is InChI=1S/C15H17N3O2/c16-8-13-7-11(9-20-13)15(19)18-12-3-4-14-10(6-12)2-1-5-17-14/h3-4,6-7,9,17H,1-2,5,8,16H2,(H,18,19). The van der Waals surface area contributed by atoms with E-state index in [9.17, 15) is 4.79 Å². The van der Waals surface area contributed by atoms with Crippen LogP contribution in [0.5, 0.6) is 0 Å². The topological polar surface area (TPSA) is 80.3 Å². The first-order chi connectivity index (χ1) is 9.76. The van der Waals surface area contributed by atoms with Gasteiger partial charge in [0.05, 0.1) is 12.1 Å². The number of nitrogens with one attached hydrogen (secondary N) is 2. The van der Waals surface area contributed by atoms with Crippen LogP contribution in [0, 0.1) is 0 Å². The summed E-state index contributed by atoms with van der Waals surface area (Å²) < 4.78 is 5.17. The van der Waals surface area contributed by atoms with Gasteiger partial charge in [0.25, 0.3) is 5.91 Å². The number of nitrogens with two attached hydrogens (primary N) is 1. The molecule has 104 valence electrons. The molecule has 0 unspecified atom stereocenters. The molecule has 1 aromatic heterocycles. The highest BCUT2D eigenvalue weighted by Gasteiger charge is 2.12. The maximum atomic E-state index is 12.1. The van der Waals surface area contributed by atoms with Crippen molar-refractivity contribution in [2.75, 3.05) is 17.2 Å². The molecule has 1 aromatic carbocycles. The van der Waals surface area contributed by atoms with E-state index >= 15 is 0 Å². The first-order valence-electron chi connectivity index (χ1n) is 6.72. The third-order valence-corrected chi connectivity index (χ3v) is 3.42. The molecule has 4 N–H and O–H groups in total. The summed E-state index contributed by atoms with van der Waals surface area (Å²) in [6.45, 7) is 1.30. The van der Waals surface area contributed by atoms with Crippen molar-refractivity contribution < 1.29 is 9.21 Å². The number of carbonyl (C=O) groups is 1. The highest BCUT2D eigenvalue weighted by Crippen LogP contribution is 2.25. The molecule has 0 atom stereocenters. The molecule has 1 aliphatic heterocycles. The van der Waals surface area contributed by atoms with Crippen molar-refractivity contribution in [1.29, 1.82) is 0 Å². The van der Waals surface area contributed by atoms with Crippen LogP contribution in [-0.4, -0.2) is 12.5 Å². The fraction of sp³-hybridized carbons (Fsp3) is 0.267. The second-order valence-electron chi connectivity index (χ2n) is 4.86. The third kappa shape index (κ3) is 2.53. The second-order valence-corrected chi connectivity index (χ2v) is 4.86. The van der Waals surface area contributed by atoms with Gasteiger partial charge in [0, 0.05) is 17.9 Å². The van der Waals surface area contributed by atoms with E-state index in [1.54, 1.807) is 6.07 Å². The van der Waals surface area contributed by atoms with Gasteiger partial charge in [-0.2, -0.15) is 0 Å². The predicted molar refractivity (Wildman–Crippen MR) is 77.8 cm³/mol. The Balaban J connectivity index is 1.75. The van der Waals surface area contributed by atoms with Crippen LogP contribution in [0.1, 0.15) is 28.1 Å². The van der Waals surface area contributed by atoms with E-state index in [2.05, 4.69) is 10.6 Å². The van der Waals surface area contributed by atoms with Crippen LogP contribution in [0.3, 0.4) is 0 Å². The first kappa shape index (κ1) is 12.7. The van der Waals surface area contributed by atoms with E-state index in [4.69, 9.17) is 10.2 Å². The quantitative estimate of drug-likeness (QED) is 0.800. The molecule has 1 amide bonds. The van der Waals surface area contributed by atoms with Crippen molar-refractivity contribution in [3.05, 3.63) is 47.4 Å². The molecular formula is C15H17N3O2. The zero-order valence-corrected chi connectivity index (χ0v) is 11.1. The Morgan fingerprint density at radius 2 is 2.30 bits per heavy atom. The number of carbonyl (C=O) groups excluding carboxylic acids is 1. The Morgan fingerprint density at radius 1 is 1.40 bits per heavy atom. The number of hydrogen-bond donors (Lipinski definition) is 3. The third-order valence-electron chi connectivity index (χ3n) is 3.42. The molecule has 2 aromatic rings. The van der Waals surface area contributed by atoms with Gasteiger partial charge in [0.15, 0.2) is 0 Å². The van der Waals surface area contributed by atoms with Gasteiger partial charge in [-0.25, -0.2) is 0 Å². The Hall–Kier alpha value is -2.27. The predicted octanol–water partition coefficient (Wildman–Crippen LogP) is 2.35. The summed E-state index contributed by atoms with van der Waals surface area (Å²) in [5.41, 5.74) is 9.14. The molecule has 1 aliphatic rings. The fourth-order valence-electron chi connectivity index (χ4n) is 2.36. The van der Waals surface area contributed by atoms with Gasteiger partial charge in [-0.1, -0.05) is 0 Å². The van der Waals surface area contributed by atoms with E-state index in [0.717, 1.165) is 30.8 Å². The van der Waals surface area contributed by atoms with Gasteiger partial charge in [-0.3, -0.25) is 4.79 Å². The summed E-state index contributed by atoms with van der Waals surface area (Å²) >= 11 is 0. The van der Waals surface area contributed by atoms with Crippen LogP contribution in [0.15, 0.2) is 34.9 Å². The number of benzene rings is 1. The molecule has 0 bridgehead atoms. The van der Waals surface area contributed by atoms with Gasteiger partial charge < -0.3 is 20.8 Å². The van der Waals surface area contributed by atoms with E-state index in [1.165, 1.54) is 11.8 Å². The lowest BCUT2D eigenvalue weighted by Crippen LogP contribution is -2.14. The van der Waals surface area contributed by atoms with Crippen LogP contribution in [0.2, 0.25) is 0 Å². The maximum Gasteiger partial charge on any atom is 0.258 e. The van der Waals surface area contributed by atoms with Gasteiger partial charge >= 0.3 is 0 Å². The molecule has 0 spiro atoms. The highest BCUT2D eigenvalue weighted by molar-refractivity contribution is 6.04. The van der Waals surface area contributed by atoms with Crippen molar-refractivity contribution in [1.82, 2.24) is 0 Å². The molecule has 0 aliphatic carbocycles. The zero-order valence-electron chi connectivity index (χ0n) is 11.1. The largest absolute Gasteiger partial charge is 0.467 e. The highest BCUT2D eigenvalue weighted by atomic mass is 16.3. The van der Waals surface area contributed by atoms with Crippen LogP contribution in [-0.2, 0) is 13.0 Å². The van der Waals surface area contributed by atoms with Crippen molar-refractivity contribution in [3.8, 4) is 0 Å². The molecular weight excluding hydrogens is 254 g/mol. The summed E-state index contributed by atoms with van der Waals surface area (Å²) in [4.78, 5) is 12.1. The fourth-order valence-corrected chi connectivity index (χ4v) is 2.36. The summed E-state index contributed by atoms with van der Waals surface area (Å²) in [6, 6.07) is 7.59. The molecule has 3 rings (SSSR count). The molecule has 0 fully saturated rings. The summed E-state index contributed by atoms with van der Waals surface area (Å²) in [5, 5.41) is 6.22. The van der Waals surface area contributed by atoms with Crippen molar-refractivity contribution in [3.63, 3.8) is 0 Å². The lowest BCUT2D eigenvalue weighted by molar-refractivity contribution is 0.102. The molecule has 5 nitrogen and oxygen atoms in total. The van der Waals surface area contributed by atoms with E-state index in [0.29, 0.717) is 11.3 Å². The lowest BCUT2D eigenvalue weighted by Gasteiger charge is -2.18. The number of amides is 1. The van der Waals surface area contributed by atoms with Gasteiger partial charge in [-0.15, -0.1) is 0 Å². The number of furan rings is 1. The summed E-state index contributed by atoms with van der Waals surface area (Å²) in [7, 11) is 0. The van der Waals surface area contributed by atoms with Crippen LogP contribution < -0.4 is 16.4 Å². The van der Waals surface area contributed by atoms with Crippen LogP contribution in [0.25, 0.3) is 0 Å². The number of aryl methyl sites for hydroxylation is 1. The SMILES string of the molecule is NCc1cc(C(=O)Nc2ccc3c(c2)CCCN3)co1. The average Bonchev–Trinajstić information content (AvgIpc) is 2.96. The van der Waals surface area contributed by atoms with Crippen molar-refractivity contribution in [2.24, 2.45) is 5.73 Å². The minimum Gasteiger partial charge on any atom is -0.467 e. The van der Waals surface area contributed by atoms with Crippen LogP contribution >= 0.6 is 0 Å². The lowest BCUT2D eigenvalue weighted by atomic mass is 10.0. The number of hydrogen-bond acceptors (Lipinski definition) is 4. The Labute approximate surface area is 117 Å². The maximum absolute atomic E-state index is 12.1. The molecule has 5 heteroatoms. The number of anilines is 2. The van der Waals surface area contributed by atoms with E-state index < -0.39 is 0 Å². The Kier molecular flexibility index (Phi) is 3.43. The van der Waals surface area contributed by atoms with Gasteiger partial charge in [-0.05, 0) is 42.7 Å². The zero-order chi connectivity index (χ0) is 13.9. The van der Waals surface area contributed by atoms with E-state index in [-0.39, 0.29) is 12.5 Å². The Bertz CT molecular complexity index is 634. The molecule has 0 saturated heterocycles. The average molecular weight is 271 g/mol. The monoisotopic (exact) mass is 271 g/mol. The minimum absolute atomic E-state index is 0.183. The van der Waals surface area contributed by atoms with Crippen LogP contribution in [0.4, 0.5) is 11.4 Å². The smallest absolute Gasteiger partial charge is 0.258 e. The molecule has 0 radical (unpaired) electrons. The van der Waals surface area contributed by atoms with Crippen molar-refractivity contribution in [2.45, 2.75) is 19.4 Å². The minimum atomic E-state index is -0.183. The molecule has 2 heterocycles.